The van der Waals surface area contributed by atoms with Crippen molar-refractivity contribution in [2.24, 2.45) is 0 Å². The Balaban J connectivity index is 1.27. The monoisotopic (exact) mass is 403 g/mol. The fraction of sp³-hybridized carbons (Fsp3) is 0.136. The Morgan fingerprint density at radius 1 is 1.13 bits per heavy atom. The van der Waals surface area contributed by atoms with Gasteiger partial charge in [0.15, 0.2) is 28.8 Å². The number of amides is 1. The summed E-state index contributed by atoms with van der Waals surface area (Å²) in [7, 11) is 0. The average Bonchev–Trinajstić information content (AvgIpc) is 3.20. The molecule has 4 aromatic rings. The van der Waals surface area contributed by atoms with Crippen molar-refractivity contribution < 1.29 is 18.7 Å². The van der Waals surface area contributed by atoms with Crippen molar-refractivity contribution in [3.63, 3.8) is 0 Å². The molecule has 5 rings (SSSR count). The highest BCUT2D eigenvalue weighted by Gasteiger charge is 2.21. The van der Waals surface area contributed by atoms with Gasteiger partial charge in [0.1, 0.15) is 12.2 Å². The van der Waals surface area contributed by atoms with Crippen molar-refractivity contribution in [1.82, 2.24) is 9.78 Å². The SMILES string of the molecule is O=C(Nc1cnn(C[C@@H]2COc3ccccc3O2)c1)c1cc(=O)c2ccccc2o1. The van der Waals surface area contributed by atoms with Crippen molar-refractivity contribution in [3.8, 4) is 11.5 Å². The van der Waals surface area contributed by atoms with Gasteiger partial charge in [0.2, 0.25) is 0 Å². The molecule has 1 aliphatic rings. The maximum Gasteiger partial charge on any atom is 0.291 e. The summed E-state index contributed by atoms with van der Waals surface area (Å²) in [6.45, 7) is 0.857. The highest BCUT2D eigenvalue weighted by atomic mass is 16.6. The molecule has 0 fully saturated rings. The minimum atomic E-state index is -0.524. The normalized spacial score (nSPS) is 15.1. The predicted octanol–water partition coefficient (Wildman–Crippen LogP) is 3.08. The molecule has 0 unspecified atom stereocenters. The van der Waals surface area contributed by atoms with Gasteiger partial charge in [-0.25, -0.2) is 0 Å². The Bertz CT molecular complexity index is 1290. The third-order valence-corrected chi connectivity index (χ3v) is 4.71. The van der Waals surface area contributed by atoms with E-state index in [0.717, 1.165) is 5.75 Å². The van der Waals surface area contributed by atoms with Crippen LogP contribution in [0.4, 0.5) is 5.69 Å². The van der Waals surface area contributed by atoms with E-state index < -0.39 is 5.91 Å². The molecule has 0 saturated carbocycles. The maximum absolute atomic E-state index is 12.5. The van der Waals surface area contributed by atoms with Gasteiger partial charge < -0.3 is 19.2 Å². The molecular formula is C22H17N3O5. The van der Waals surface area contributed by atoms with Crippen LogP contribution in [-0.2, 0) is 6.54 Å². The Morgan fingerprint density at radius 2 is 1.93 bits per heavy atom. The number of carbonyl (C=O) groups excluding carboxylic acids is 1. The molecule has 0 saturated heterocycles. The lowest BCUT2D eigenvalue weighted by Gasteiger charge is -2.26. The second kappa shape index (κ2) is 7.40. The van der Waals surface area contributed by atoms with Gasteiger partial charge in [0.25, 0.3) is 5.91 Å². The molecule has 1 N–H and O–H groups in total. The van der Waals surface area contributed by atoms with Gasteiger partial charge in [0.05, 0.1) is 23.8 Å². The van der Waals surface area contributed by atoms with Crippen LogP contribution in [0.2, 0.25) is 0 Å². The molecule has 1 aliphatic heterocycles. The second-order valence-corrected chi connectivity index (χ2v) is 6.87. The first-order chi connectivity index (χ1) is 14.7. The van der Waals surface area contributed by atoms with Crippen molar-refractivity contribution in [2.45, 2.75) is 12.6 Å². The molecule has 3 heterocycles. The number of fused-ring (bicyclic) bond motifs is 2. The standard InChI is InChI=1S/C22H17N3O5/c26-17-9-21(30-18-6-2-1-5-16(17)18)22(27)24-14-10-23-25(11-14)12-15-13-28-19-7-3-4-8-20(19)29-15/h1-11,15H,12-13H2,(H,24,27)/t15-/m1/s1. The first-order valence-electron chi connectivity index (χ1n) is 9.41. The van der Waals surface area contributed by atoms with Crippen LogP contribution >= 0.6 is 0 Å². The van der Waals surface area contributed by atoms with Gasteiger partial charge in [-0.15, -0.1) is 0 Å². The van der Waals surface area contributed by atoms with Crippen LogP contribution in [0.1, 0.15) is 10.6 Å². The smallest absolute Gasteiger partial charge is 0.291 e. The van der Waals surface area contributed by atoms with Gasteiger partial charge in [-0.1, -0.05) is 24.3 Å². The van der Waals surface area contributed by atoms with Crippen LogP contribution < -0.4 is 20.2 Å². The molecule has 30 heavy (non-hydrogen) atoms. The zero-order valence-electron chi connectivity index (χ0n) is 15.8. The van der Waals surface area contributed by atoms with Gasteiger partial charge in [0, 0.05) is 12.3 Å². The molecule has 1 atom stereocenters. The summed E-state index contributed by atoms with van der Waals surface area (Å²) in [5, 5.41) is 7.38. The summed E-state index contributed by atoms with van der Waals surface area (Å²) >= 11 is 0. The zero-order chi connectivity index (χ0) is 20.5. The third kappa shape index (κ3) is 3.50. The van der Waals surface area contributed by atoms with Crippen molar-refractivity contribution in [3.05, 3.63) is 83.0 Å². The molecule has 2 aromatic heterocycles. The van der Waals surface area contributed by atoms with Crippen molar-refractivity contribution in [1.29, 1.82) is 0 Å². The summed E-state index contributed by atoms with van der Waals surface area (Å²) < 4.78 is 18.9. The van der Waals surface area contributed by atoms with Gasteiger partial charge in [-0.05, 0) is 24.3 Å². The number of nitrogens with one attached hydrogen (secondary N) is 1. The van der Waals surface area contributed by atoms with Crippen molar-refractivity contribution in [2.75, 3.05) is 11.9 Å². The fourth-order valence-electron chi connectivity index (χ4n) is 3.30. The maximum atomic E-state index is 12.5. The topological polar surface area (TPSA) is 95.6 Å². The molecule has 150 valence electrons. The molecular weight excluding hydrogens is 386 g/mol. The molecule has 0 aliphatic carbocycles. The number of benzene rings is 2. The molecule has 0 bridgehead atoms. The Morgan fingerprint density at radius 3 is 2.83 bits per heavy atom. The molecule has 8 nitrogen and oxygen atoms in total. The van der Waals surface area contributed by atoms with E-state index in [2.05, 4.69) is 10.4 Å². The molecule has 0 radical (unpaired) electrons. The summed E-state index contributed by atoms with van der Waals surface area (Å²) in [5.74, 6) is 0.829. The number of hydrogen-bond donors (Lipinski definition) is 1. The van der Waals surface area contributed by atoms with Crippen LogP contribution in [0, 0.1) is 0 Å². The van der Waals surface area contributed by atoms with Crippen LogP contribution in [0.25, 0.3) is 11.0 Å². The van der Waals surface area contributed by atoms with E-state index in [-0.39, 0.29) is 17.3 Å². The first kappa shape index (κ1) is 18.0. The van der Waals surface area contributed by atoms with E-state index >= 15 is 0 Å². The first-order valence-corrected chi connectivity index (χ1v) is 9.41. The average molecular weight is 403 g/mol. The van der Waals surface area contributed by atoms with E-state index in [1.807, 2.05) is 24.3 Å². The predicted molar refractivity (Wildman–Crippen MR) is 109 cm³/mol. The fourth-order valence-corrected chi connectivity index (χ4v) is 3.30. The Labute approximate surface area is 170 Å². The number of ether oxygens (including phenoxy) is 2. The van der Waals surface area contributed by atoms with Crippen LogP contribution in [0.5, 0.6) is 11.5 Å². The number of nitrogens with zero attached hydrogens (tertiary/aromatic N) is 2. The van der Waals surface area contributed by atoms with Crippen molar-refractivity contribution >= 4 is 22.6 Å². The molecule has 2 aromatic carbocycles. The lowest BCUT2D eigenvalue weighted by molar-refractivity contribution is 0.0759. The van der Waals surface area contributed by atoms with Gasteiger partial charge in [-0.2, -0.15) is 5.10 Å². The summed E-state index contributed by atoms with van der Waals surface area (Å²) in [6, 6.07) is 15.5. The van der Waals surface area contributed by atoms with Crippen LogP contribution in [0.3, 0.4) is 0 Å². The highest BCUT2D eigenvalue weighted by molar-refractivity contribution is 6.02. The number of para-hydroxylation sites is 3. The Hall–Kier alpha value is -4.07. The number of carbonyl (C=O) groups is 1. The van der Waals surface area contributed by atoms with Crippen LogP contribution in [0.15, 0.2) is 76.2 Å². The van der Waals surface area contributed by atoms with E-state index in [1.165, 1.54) is 12.3 Å². The quantitative estimate of drug-likeness (QED) is 0.563. The van der Waals surface area contributed by atoms with Gasteiger partial charge in [-0.3, -0.25) is 14.3 Å². The lowest BCUT2D eigenvalue weighted by Crippen LogP contribution is -2.33. The second-order valence-electron chi connectivity index (χ2n) is 6.87. The lowest BCUT2D eigenvalue weighted by atomic mass is 10.2. The summed E-state index contributed by atoms with van der Waals surface area (Å²) in [5.41, 5.74) is 0.570. The summed E-state index contributed by atoms with van der Waals surface area (Å²) in [4.78, 5) is 24.7. The largest absolute Gasteiger partial charge is 0.486 e. The number of anilines is 1. The van der Waals surface area contributed by atoms with E-state index in [4.69, 9.17) is 13.9 Å². The van der Waals surface area contributed by atoms with E-state index in [9.17, 15) is 9.59 Å². The number of rotatable bonds is 4. The zero-order valence-corrected chi connectivity index (χ0v) is 15.8. The minimum Gasteiger partial charge on any atom is -0.486 e. The third-order valence-electron chi connectivity index (χ3n) is 4.71. The van der Waals surface area contributed by atoms with Crippen LogP contribution in [-0.4, -0.2) is 28.4 Å². The van der Waals surface area contributed by atoms with Gasteiger partial charge >= 0.3 is 0 Å². The van der Waals surface area contributed by atoms with E-state index in [0.29, 0.717) is 35.6 Å². The highest BCUT2D eigenvalue weighted by Crippen LogP contribution is 2.31. The minimum absolute atomic E-state index is 0.0629. The number of hydrogen-bond acceptors (Lipinski definition) is 6. The molecule has 8 heteroatoms. The number of aromatic nitrogens is 2. The molecule has 1 amide bonds. The van der Waals surface area contributed by atoms with E-state index in [1.54, 1.807) is 35.1 Å². The summed E-state index contributed by atoms with van der Waals surface area (Å²) in [6.07, 6.45) is 3.00. The molecule has 0 spiro atoms. The Kier molecular flexibility index (Phi) is 4.44.